The zero-order chi connectivity index (χ0) is 14.8. The molecule has 5 nitrogen and oxygen atoms in total. The van der Waals surface area contributed by atoms with Gasteiger partial charge in [0, 0.05) is 46.7 Å². The lowest BCUT2D eigenvalue weighted by Gasteiger charge is -2.24. The Morgan fingerprint density at radius 1 is 1.38 bits per heavy atom. The number of imidazole rings is 1. The van der Waals surface area contributed by atoms with Crippen molar-refractivity contribution in [2.45, 2.75) is 25.3 Å². The molecule has 0 radical (unpaired) electrons. The van der Waals surface area contributed by atoms with Crippen LogP contribution in [0.5, 0.6) is 5.88 Å². The van der Waals surface area contributed by atoms with E-state index in [1.54, 1.807) is 7.11 Å². The van der Waals surface area contributed by atoms with Crippen LogP contribution in [0, 0.1) is 0 Å². The average Bonchev–Trinajstić information content (AvgIpc) is 2.85. The molecule has 2 aromatic heterocycles. The molecule has 0 unspecified atom stereocenters. The fourth-order valence-electron chi connectivity index (χ4n) is 2.80. The van der Waals surface area contributed by atoms with Crippen molar-refractivity contribution in [1.29, 1.82) is 0 Å². The molecule has 0 aliphatic carbocycles. The van der Waals surface area contributed by atoms with Gasteiger partial charge < -0.3 is 9.30 Å². The lowest BCUT2D eigenvalue weighted by molar-refractivity contribution is 0.397. The zero-order valence-corrected chi connectivity index (χ0v) is 13.5. The van der Waals surface area contributed by atoms with Crippen molar-refractivity contribution in [2.75, 3.05) is 24.5 Å². The van der Waals surface area contributed by atoms with Gasteiger partial charge >= 0.3 is 0 Å². The van der Waals surface area contributed by atoms with Crippen LogP contribution in [-0.2, 0) is 17.2 Å². The molecular formula is C14H18ClN3O2S. The van der Waals surface area contributed by atoms with E-state index in [9.17, 15) is 4.21 Å². The van der Waals surface area contributed by atoms with Crippen LogP contribution in [-0.4, -0.2) is 43.2 Å². The van der Waals surface area contributed by atoms with E-state index in [1.807, 2.05) is 12.1 Å². The largest absolute Gasteiger partial charge is 0.481 e. The Morgan fingerprint density at radius 3 is 2.81 bits per heavy atom. The summed E-state index contributed by atoms with van der Waals surface area (Å²) in [4.78, 5) is 9.21. The number of pyridine rings is 1. The third kappa shape index (κ3) is 2.92. The van der Waals surface area contributed by atoms with Crippen LogP contribution >= 0.6 is 11.6 Å². The van der Waals surface area contributed by atoms with E-state index in [1.165, 1.54) is 0 Å². The van der Waals surface area contributed by atoms with E-state index in [2.05, 4.69) is 14.5 Å². The maximum Gasteiger partial charge on any atom is 0.215 e. The van der Waals surface area contributed by atoms with Crippen LogP contribution in [0.25, 0.3) is 11.2 Å². The second-order valence-corrected chi connectivity index (χ2v) is 7.19. The summed E-state index contributed by atoms with van der Waals surface area (Å²) < 4.78 is 19.0. The number of hydrogen-bond acceptors (Lipinski definition) is 4. The summed E-state index contributed by atoms with van der Waals surface area (Å²) in [6.45, 7) is 0. The molecule has 1 saturated heterocycles. The number of alkyl halides is 1. The van der Waals surface area contributed by atoms with Crippen molar-refractivity contribution < 1.29 is 8.95 Å². The number of halogens is 1. The lowest BCUT2D eigenvalue weighted by atomic mass is 10.1. The van der Waals surface area contributed by atoms with Crippen LogP contribution in [0.1, 0.15) is 24.7 Å². The number of ether oxygens (including phenoxy) is 1. The van der Waals surface area contributed by atoms with E-state index >= 15 is 0 Å². The molecule has 1 aliphatic heterocycles. The van der Waals surface area contributed by atoms with Crippen LogP contribution in [0.15, 0.2) is 12.1 Å². The fourth-order valence-corrected chi connectivity index (χ4v) is 4.24. The number of hydrogen-bond donors (Lipinski definition) is 0. The quantitative estimate of drug-likeness (QED) is 0.809. The number of rotatable bonds is 4. The molecule has 2 aromatic rings. The zero-order valence-electron chi connectivity index (χ0n) is 11.9. The average molecular weight is 328 g/mol. The van der Waals surface area contributed by atoms with E-state index in [4.69, 9.17) is 16.3 Å². The Kier molecular flexibility index (Phi) is 4.45. The summed E-state index contributed by atoms with van der Waals surface area (Å²) in [6, 6.07) is 4.04. The maximum absolute atomic E-state index is 11.6. The topological polar surface area (TPSA) is 57.0 Å². The van der Waals surface area contributed by atoms with Gasteiger partial charge in [-0.25, -0.2) is 4.98 Å². The van der Waals surface area contributed by atoms with Crippen LogP contribution in [0.2, 0.25) is 0 Å². The molecule has 21 heavy (non-hydrogen) atoms. The van der Waals surface area contributed by atoms with Gasteiger partial charge in [-0.3, -0.25) is 4.21 Å². The minimum absolute atomic E-state index is 0.297. The monoisotopic (exact) mass is 327 g/mol. The summed E-state index contributed by atoms with van der Waals surface area (Å²) in [5.41, 5.74) is 1.70. The molecule has 7 heteroatoms. The summed E-state index contributed by atoms with van der Waals surface area (Å²) in [7, 11) is 0.932. The van der Waals surface area contributed by atoms with Crippen molar-refractivity contribution in [3.63, 3.8) is 0 Å². The Morgan fingerprint density at radius 2 is 2.14 bits per heavy atom. The Bertz CT molecular complexity index is 664. The van der Waals surface area contributed by atoms with Crippen molar-refractivity contribution >= 4 is 33.6 Å². The molecule has 0 atom stereocenters. The smallest absolute Gasteiger partial charge is 0.215 e. The SMILES string of the molecule is COc1ccc2nc(CCCl)n(C3CCS(=O)CC3)c2n1. The van der Waals surface area contributed by atoms with Crippen LogP contribution in [0.4, 0.5) is 0 Å². The number of aromatic nitrogens is 3. The second kappa shape index (κ2) is 6.32. The summed E-state index contributed by atoms with van der Waals surface area (Å²) >= 11 is 5.91. The highest BCUT2D eigenvalue weighted by Crippen LogP contribution is 2.29. The molecule has 1 fully saturated rings. The van der Waals surface area contributed by atoms with E-state index in [0.717, 1.165) is 41.3 Å². The molecule has 0 saturated carbocycles. The summed E-state index contributed by atoms with van der Waals surface area (Å²) in [6.07, 6.45) is 2.50. The first-order valence-corrected chi connectivity index (χ1v) is 9.08. The summed E-state index contributed by atoms with van der Waals surface area (Å²) in [5.74, 6) is 3.56. The highest BCUT2D eigenvalue weighted by atomic mass is 35.5. The predicted octanol–water partition coefficient (Wildman–Crippen LogP) is 2.30. The van der Waals surface area contributed by atoms with Crippen LogP contribution < -0.4 is 4.74 Å². The Hall–Kier alpha value is -1.14. The molecule has 0 bridgehead atoms. The van der Waals surface area contributed by atoms with Gasteiger partial charge in [-0.15, -0.1) is 11.6 Å². The second-order valence-electron chi connectivity index (χ2n) is 5.11. The highest BCUT2D eigenvalue weighted by molar-refractivity contribution is 7.85. The van der Waals surface area contributed by atoms with Gasteiger partial charge in [-0.1, -0.05) is 0 Å². The van der Waals surface area contributed by atoms with Gasteiger partial charge in [-0.05, 0) is 18.9 Å². The van der Waals surface area contributed by atoms with Gasteiger partial charge in [0.05, 0.1) is 7.11 Å². The van der Waals surface area contributed by atoms with Gasteiger partial charge in [0.1, 0.15) is 11.3 Å². The first kappa shape index (κ1) is 14.8. The number of methoxy groups -OCH3 is 1. The van der Waals surface area contributed by atoms with Crippen molar-refractivity contribution in [2.24, 2.45) is 0 Å². The Labute approximate surface area is 131 Å². The van der Waals surface area contributed by atoms with Crippen molar-refractivity contribution in [3.05, 3.63) is 18.0 Å². The van der Waals surface area contributed by atoms with Crippen molar-refractivity contribution in [1.82, 2.24) is 14.5 Å². The molecule has 3 heterocycles. The molecule has 1 aliphatic rings. The van der Waals surface area contributed by atoms with Gasteiger partial charge in [0.15, 0.2) is 5.65 Å². The van der Waals surface area contributed by atoms with Gasteiger partial charge in [0.25, 0.3) is 0 Å². The minimum Gasteiger partial charge on any atom is -0.481 e. The minimum atomic E-state index is -0.677. The van der Waals surface area contributed by atoms with Crippen molar-refractivity contribution in [3.8, 4) is 5.88 Å². The first-order chi connectivity index (χ1) is 10.2. The molecule has 3 rings (SSSR count). The highest BCUT2D eigenvalue weighted by Gasteiger charge is 2.24. The number of aryl methyl sites for hydroxylation is 1. The molecule has 0 amide bonds. The van der Waals surface area contributed by atoms with E-state index in [0.29, 0.717) is 24.2 Å². The number of nitrogens with zero attached hydrogens (tertiary/aromatic N) is 3. The van der Waals surface area contributed by atoms with E-state index in [-0.39, 0.29) is 0 Å². The maximum atomic E-state index is 11.6. The molecule has 0 aromatic carbocycles. The molecular weight excluding hydrogens is 310 g/mol. The standard InChI is InChI=1S/C14H18ClN3O2S/c1-20-13-3-2-11-14(17-13)18(12(16-11)4-7-15)10-5-8-21(19)9-6-10/h2-3,10H,4-9H2,1H3. The lowest BCUT2D eigenvalue weighted by Crippen LogP contribution is -2.23. The third-order valence-electron chi connectivity index (χ3n) is 3.83. The first-order valence-electron chi connectivity index (χ1n) is 7.05. The normalized spacial score (nSPS) is 22.6. The third-order valence-corrected chi connectivity index (χ3v) is 5.41. The molecule has 0 N–H and O–H groups in total. The summed E-state index contributed by atoms with van der Waals surface area (Å²) in [5, 5.41) is 0. The number of fused-ring (bicyclic) bond motifs is 1. The van der Waals surface area contributed by atoms with Crippen LogP contribution in [0.3, 0.4) is 0 Å². The molecule has 114 valence electrons. The fraction of sp³-hybridized carbons (Fsp3) is 0.571. The predicted molar refractivity (Wildman–Crippen MR) is 84.7 cm³/mol. The Balaban J connectivity index is 2.07. The van der Waals surface area contributed by atoms with E-state index < -0.39 is 10.8 Å². The molecule has 0 spiro atoms. The van der Waals surface area contributed by atoms with Gasteiger partial charge in [-0.2, -0.15) is 4.98 Å². The van der Waals surface area contributed by atoms with Gasteiger partial charge in [0.2, 0.25) is 5.88 Å².